The van der Waals surface area contributed by atoms with Crippen molar-refractivity contribution in [2.45, 2.75) is 10.1 Å². The molecule has 0 saturated heterocycles. The van der Waals surface area contributed by atoms with Crippen LogP contribution in [0.25, 0.3) is 0 Å². The third-order valence-electron chi connectivity index (χ3n) is 4.01. The van der Waals surface area contributed by atoms with Crippen LogP contribution in [0.2, 0.25) is 15.3 Å². The van der Waals surface area contributed by atoms with E-state index in [1.807, 2.05) is 0 Å². The molecule has 0 aliphatic rings. The number of carboxylic acid groups (broad SMARTS) is 1. The number of carbonyl (C=O) groups is 2. The summed E-state index contributed by atoms with van der Waals surface area (Å²) >= 11 is 11.0. The summed E-state index contributed by atoms with van der Waals surface area (Å²) in [6.07, 6.45) is 0. The Hall–Kier alpha value is -2.51. The molecule has 0 aliphatic heterocycles. The molecule has 0 atom stereocenters. The van der Waals surface area contributed by atoms with Gasteiger partial charge in [-0.15, -0.1) is 0 Å². The summed E-state index contributed by atoms with van der Waals surface area (Å²) in [6, 6.07) is 16.4. The average Bonchev–Trinajstić information content (AvgIpc) is 2.75. The Morgan fingerprint density at radius 2 is 1.66 bits per heavy atom. The van der Waals surface area contributed by atoms with Crippen LogP contribution in [0.4, 0.5) is 5.69 Å². The van der Waals surface area contributed by atoms with E-state index in [2.05, 4.69) is 4.72 Å². The van der Waals surface area contributed by atoms with Crippen molar-refractivity contribution in [3.63, 3.8) is 0 Å². The van der Waals surface area contributed by atoms with Gasteiger partial charge in [0.15, 0.2) is 0 Å². The topological polar surface area (TPSA) is 110 Å². The second-order valence-electron chi connectivity index (χ2n) is 6.32. The quantitative estimate of drug-likeness (QED) is 0.363. The van der Waals surface area contributed by atoms with Gasteiger partial charge in [0.05, 0.1) is 0 Å². The van der Waals surface area contributed by atoms with Gasteiger partial charge < -0.3 is 0 Å². The number of hydrogen-bond donors (Lipinski definition) is 2. The third-order valence-corrected chi connectivity index (χ3v) is 7.97. The molecule has 11 heteroatoms. The summed E-state index contributed by atoms with van der Waals surface area (Å²) in [5, 5.41) is 9.20. The van der Waals surface area contributed by atoms with E-state index in [4.69, 9.17) is 33.0 Å². The van der Waals surface area contributed by atoms with Crippen LogP contribution in [-0.2, 0) is 14.8 Å². The molecule has 1 radical (unpaired) electrons. The van der Waals surface area contributed by atoms with Crippen LogP contribution in [0.1, 0.15) is 10.4 Å². The van der Waals surface area contributed by atoms with Gasteiger partial charge in [-0.3, -0.25) is 0 Å². The zero-order chi connectivity index (χ0) is 23.3. The van der Waals surface area contributed by atoms with Gasteiger partial charge in [-0.25, -0.2) is 0 Å². The van der Waals surface area contributed by atoms with Crippen LogP contribution in [0.15, 0.2) is 71.6 Å². The SMILES string of the molecule is O=C(O)C[As]C(=O)c1ccc(S(=O)(=O)Nc2ccccc2Oc2ccc(Cl)cc2Cl)cc1. The molecule has 0 heterocycles. The molecule has 0 bridgehead atoms. The fraction of sp³-hybridized carbons (Fsp3) is 0.0476. The Kier molecular flexibility index (Phi) is 7.85. The average molecular weight is 555 g/mol. The predicted molar refractivity (Wildman–Crippen MR) is 123 cm³/mol. The number of ether oxygens (including phenoxy) is 1. The number of aliphatic carboxylic acids is 1. The van der Waals surface area contributed by atoms with Crippen molar-refractivity contribution < 1.29 is 27.9 Å². The number of para-hydroxylation sites is 2. The van der Waals surface area contributed by atoms with Crippen molar-refractivity contribution in [2.75, 3.05) is 4.72 Å². The molecule has 0 aliphatic carbocycles. The summed E-state index contributed by atoms with van der Waals surface area (Å²) in [4.78, 5) is 22.6. The summed E-state index contributed by atoms with van der Waals surface area (Å²) < 4.78 is 33.6. The molecule has 3 aromatic rings. The molecule has 0 saturated carbocycles. The molecule has 0 fully saturated rings. The number of carbonyl (C=O) groups excluding carboxylic acids is 1. The molecular formula is C21H15AsCl2NO6S. The van der Waals surface area contributed by atoms with Crippen LogP contribution >= 0.6 is 23.2 Å². The molecule has 165 valence electrons. The number of halogens is 2. The Labute approximate surface area is 201 Å². The Morgan fingerprint density at radius 3 is 2.31 bits per heavy atom. The van der Waals surface area contributed by atoms with Gasteiger partial charge >= 0.3 is 161 Å². The predicted octanol–water partition coefficient (Wildman–Crippen LogP) is 4.93. The molecule has 7 nitrogen and oxygen atoms in total. The molecule has 0 aromatic heterocycles. The zero-order valence-corrected chi connectivity index (χ0v) is 20.4. The van der Waals surface area contributed by atoms with Crippen molar-refractivity contribution >= 4 is 65.2 Å². The second-order valence-corrected chi connectivity index (χ2v) is 11.0. The van der Waals surface area contributed by atoms with E-state index >= 15 is 0 Å². The van der Waals surface area contributed by atoms with Gasteiger partial charge in [-0.2, -0.15) is 0 Å². The van der Waals surface area contributed by atoms with Crippen molar-refractivity contribution in [1.29, 1.82) is 0 Å². The first kappa shape index (κ1) is 24.1. The number of carboxylic acids is 1. The van der Waals surface area contributed by atoms with Crippen molar-refractivity contribution in [3.8, 4) is 11.5 Å². The second kappa shape index (κ2) is 10.4. The molecule has 0 spiro atoms. The van der Waals surface area contributed by atoms with Crippen molar-refractivity contribution in [2.24, 2.45) is 0 Å². The molecule has 32 heavy (non-hydrogen) atoms. The van der Waals surface area contributed by atoms with Gasteiger partial charge in [0.2, 0.25) is 0 Å². The van der Waals surface area contributed by atoms with E-state index < -0.39 is 31.7 Å². The summed E-state index contributed by atoms with van der Waals surface area (Å²) in [5.41, 5.74) is 0.455. The van der Waals surface area contributed by atoms with Crippen LogP contribution in [0.5, 0.6) is 11.5 Å². The molecule has 0 unspecified atom stereocenters. The van der Waals surface area contributed by atoms with E-state index in [-0.39, 0.29) is 36.7 Å². The van der Waals surface area contributed by atoms with E-state index in [1.165, 1.54) is 36.4 Å². The summed E-state index contributed by atoms with van der Waals surface area (Å²) in [5.74, 6) is -0.512. The van der Waals surface area contributed by atoms with Gasteiger partial charge in [-0.1, -0.05) is 23.2 Å². The first-order chi connectivity index (χ1) is 15.2. The third kappa shape index (κ3) is 6.26. The van der Waals surface area contributed by atoms with Crippen LogP contribution in [0.3, 0.4) is 0 Å². The van der Waals surface area contributed by atoms with E-state index in [0.717, 1.165) is 0 Å². The number of rotatable bonds is 9. The Balaban J connectivity index is 1.79. The monoisotopic (exact) mass is 554 g/mol. The maximum atomic E-state index is 12.8. The number of anilines is 1. The number of sulfonamides is 1. The van der Waals surface area contributed by atoms with E-state index in [0.29, 0.717) is 10.8 Å². The first-order valence-electron chi connectivity index (χ1n) is 8.94. The van der Waals surface area contributed by atoms with Gasteiger partial charge in [0.25, 0.3) is 0 Å². The summed E-state index contributed by atoms with van der Waals surface area (Å²) in [7, 11) is -3.99. The van der Waals surface area contributed by atoms with E-state index in [9.17, 15) is 18.0 Å². The Morgan fingerprint density at radius 1 is 0.969 bits per heavy atom. The van der Waals surface area contributed by atoms with Crippen LogP contribution < -0.4 is 9.46 Å². The van der Waals surface area contributed by atoms with Crippen LogP contribution in [0, 0.1) is 0 Å². The molecule has 3 rings (SSSR count). The van der Waals surface area contributed by atoms with E-state index in [1.54, 1.807) is 30.3 Å². The maximum absolute atomic E-state index is 12.8. The molecule has 3 aromatic carbocycles. The summed E-state index contributed by atoms with van der Waals surface area (Å²) in [6.45, 7) is 0. The normalized spacial score (nSPS) is 11.4. The van der Waals surface area contributed by atoms with Gasteiger partial charge in [0, 0.05) is 5.02 Å². The molecule has 2 N–H and O–H groups in total. The number of benzene rings is 3. The fourth-order valence-electron chi connectivity index (χ4n) is 2.53. The van der Waals surface area contributed by atoms with Crippen molar-refractivity contribution in [3.05, 3.63) is 82.3 Å². The Bertz CT molecular complexity index is 1270. The number of nitrogens with one attached hydrogen (secondary N) is 1. The number of hydrogen-bond acceptors (Lipinski definition) is 5. The van der Waals surface area contributed by atoms with Crippen LogP contribution in [-0.4, -0.2) is 39.8 Å². The van der Waals surface area contributed by atoms with Crippen molar-refractivity contribution in [1.82, 2.24) is 0 Å². The minimum absolute atomic E-state index is 0.0668. The van der Waals surface area contributed by atoms with Gasteiger partial charge in [-0.05, 0) is 12.1 Å². The minimum atomic E-state index is -3.99. The first-order valence-corrected chi connectivity index (χ1v) is 13.4. The molecular weight excluding hydrogens is 540 g/mol. The standard InChI is InChI=1S/C21H15AsCl2NO6S/c23-14-7-10-18(16(24)11-14)31-19-4-2-1-3-17(19)25-32(29,30)15-8-5-13(6-9-15)21(28)22-12-20(26)27/h1-11,25H,12H2,(H,26,27). The zero-order valence-electron chi connectivity index (χ0n) is 16.2. The van der Waals surface area contributed by atoms with Gasteiger partial charge in [0.1, 0.15) is 0 Å². The molecule has 0 amide bonds. The fourth-order valence-corrected chi connectivity index (χ4v) is 5.33.